The molecule has 0 amide bonds. The lowest BCUT2D eigenvalue weighted by Gasteiger charge is -2.35. The van der Waals surface area contributed by atoms with E-state index in [-0.39, 0.29) is 0 Å². The van der Waals surface area contributed by atoms with Crippen molar-refractivity contribution in [1.29, 1.82) is 0 Å². The van der Waals surface area contributed by atoms with Gasteiger partial charge >= 0.3 is 0 Å². The summed E-state index contributed by atoms with van der Waals surface area (Å²) in [6.07, 6.45) is 7.25. The summed E-state index contributed by atoms with van der Waals surface area (Å²) in [5, 5.41) is 0. The zero-order valence-corrected chi connectivity index (χ0v) is 17.7. The van der Waals surface area contributed by atoms with E-state index in [0.717, 1.165) is 25.3 Å². The van der Waals surface area contributed by atoms with E-state index in [1.807, 2.05) is 0 Å². The summed E-state index contributed by atoms with van der Waals surface area (Å²) in [5.74, 6) is 3.53. The van der Waals surface area contributed by atoms with Gasteiger partial charge in [-0.2, -0.15) is 0 Å². The van der Waals surface area contributed by atoms with E-state index >= 15 is 0 Å². The summed E-state index contributed by atoms with van der Waals surface area (Å²) in [7, 11) is 0. The summed E-state index contributed by atoms with van der Waals surface area (Å²) in [5.41, 5.74) is 6.97. The van der Waals surface area contributed by atoms with Gasteiger partial charge in [0.05, 0.1) is 0 Å². The van der Waals surface area contributed by atoms with Crippen LogP contribution < -0.4 is 5.73 Å². The molecule has 0 radical (unpaired) electrons. The zero-order valence-electron chi connectivity index (χ0n) is 17.7. The van der Waals surface area contributed by atoms with Gasteiger partial charge in [0.2, 0.25) is 0 Å². The molecule has 0 saturated heterocycles. The minimum atomic E-state index is 0.351. The Bertz CT molecular complexity index is 496. The maximum Gasteiger partial charge on any atom is 0.133 e. The predicted molar refractivity (Wildman–Crippen MR) is 113 cm³/mol. The molecule has 0 aromatic heterocycles. The molecule has 1 aliphatic carbocycles. The Morgan fingerprint density at radius 2 is 1.85 bits per heavy atom. The fourth-order valence-electron chi connectivity index (χ4n) is 4.37. The van der Waals surface area contributed by atoms with Crippen molar-refractivity contribution in [3.63, 3.8) is 0 Å². The Morgan fingerprint density at radius 3 is 2.35 bits per heavy atom. The Balaban J connectivity index is 0.000000260. The van der Waals surface area contributed by atoms with Gasteiger partial charge < -0.3 is 5.73 Å². The van der Waals surface area contributed by atoms with Crippen LogP contribution in [0.5, 0.6) is 0 Å². The first-order chi connectivity index (χ1) is 12.4. The third-order valence-electron chi connectivity index (χ3n) is 6.06. The van der Waals surface area contributed by atoms with Crippen LogP contribution in [0.3, 0.4) is 0 Å². The molecular weight excluding hydrogens is 318 g/mol. The number of carbonyl (C=O) groups excluding carboxylic acids is 1. The Hall–Kier alpha value is -1.15. The zero-order chi connectivity index (χ0) is 19.5. The highest BCUT2D eigenvalue weighted by atomic mass is 16.1. The Morgan fingerprint density at radius 1 is 1.19 bits per heavy atom. The van der Waals surface area contributed by atoms with Gasteiger partial charge in [-0.05, 0) is 74.8 Å². The summed E-state index contributed by atoms with van der Waals surface area (Å²) in [4.78, 5) is 11.5. The number of hydrogen-bond donors (Lipinski definition) is 1. The number of benzene rings is 1. The van der Waals surface area contributed by atoms with Gasteiger partial charge in [0.25, 0.3) is 0 Å². The summed E-state index contributed by atoms with van der Waals surface area (Å²) in [6.45, 7) is 11.6. The molecule has 0 heterocycles. The maximum atomic E-state index is 11.5. The molecular formula is C24H41NO. The lowest BCUT2D eigenvalue weighted by molar-refractivity contribution is -0.124. The maximum absolute atomic E-state index is 11.5. The quantitative estimate of drug-likeness (QED) is 0.629. The number of rotatable bonds is 7. The molecule has 1 aromatic rings. The second-order valence-corrected chi connectivity index (χ2v) is 8.49. The molecule has 4 atom stereocenters. The standard InChI is InChI=1S/C12H19N.C12H22O/c1-2-11(9-6-10-13)12-7-4-3-5-8-12;1-8(2)11-6-5-9(3)7-12(11)10(4)13/h3-5,7-8,11H,2,6,9-10,13H2,1H3;8-9,11-12H,5-7H2,1-4H3/t;9?,11-,12?/m.0/s1. The van der Waals surface area contributed by atoms with Gasteiger partial charge in [0.15, 0.2) is 0 Å². The van der Waals surface area contributed by atoms with Crippen molar-refractivity contribution < 1.29 is 4.79 Å². The van der Waals surface area contributed by atoms with Gasteiger partial charge in [-0.3, -0.25) is 4.79 Å². The summed E-state index contributed by atoms with van der Waals surface area (Å²) >= 11 is 0. The first-order valence-corrected chi connectivity index (χ1v) is 10.7. The summed E-state index contributed by atoms with van der Waals surface area (Å²) in [6, 6.07) is 10.7. The monoisotopic (exact) mass is 359 g/mol. The number of Topliss-reactive ketones (excluding diaryl/α,β-unsaturated/α-hetero) is 1. The highest BCUT2D eigenvalue weighted by molar-refractivity contribution is 5.78. The second-order valence-electron chi connectivity index (χ2n) is 8.49. The van der Waals surface area contributed by atoms with E-state index in [0.29, 0.717) is 29.5 Å². The van der Waals surface area contributed by atoms with Gasteiger partial charge in [-0.25, -0.2) is 0 Å². The number of nitrogens with two attached hydrogens (primary N) is 1. The highest BCUT2D eigenvalue weighted by Crippen LogP contribution is 2.38. The lowest BCUT2D eigenvalue weighted by Crippen LogP contribution is -2.32. The second kappa shape index (κ2) is 12.3. The van der Waals surface area contributed by atoms with E-state index in [1.165, 1.54) is 31.2 Å². The SMILES string of the molecule is CC(=O)C1CC(C)CC[C@H]1C(C)C.CCC(CCCN)c1ccccc1. The lowest BCUT2D eigenvalue weighted by atomic mass is 9.69. The molecule has 0 bridgehead atoms. The third kappa shape index (κ3) is 7.61. The van der Waals surface area contributed by atoms with Crippen molar-refractivity contribution in [2.45, 2.75) is 79.1 Å². The van der Waals surface area contributed by atoms with Crippen LogP contribution in [0, 0.1) is 23.7 Å². The van der Waals surface area contributed by atoms with Crippen LogP contribution in [0.15, 0.2) is 30.3 Å². The smallest absolute Gasteiger partial charge is 0.133 e. The molecule has 26 heavy (non-hydrogen) atoms. The van der Waals surface area contributed by atoms with Crippen molar-refractivity contribution in [2.75, 3.05) is 6.54 Å². The van der Waals surface area contributed by atoms with Gasteiger partial charge in [-0.15, -0.1) is 0 Å². The molecule has 1 aliphatic rings. The number of hydrogen-bond acceptors (Lipinski definition) is 2. The van der Waals surface area contributed by atoms with E-state index in [2.05, 4.69) is 58.0 Å². The van der Waals surface area contributed by atoms with Crippen LogP contribution in [-0.2, 0) is 4.79 Å². The van der Waals surface area contributed by atoms with Crippen LogP contribution in [-0.4, -0.2) is 12.3 Å². The molecule has 0 spiro atoms. The molecule has 2 rings (SSSR count). The minimum absolute atomic E-state index is 0.351. The van der Waals surface area contributed by atoms with Crippen LogP contribution >= 0.6 is 0 Å². The van der Waals surface area contributed by atoms with Crippen molar-refractivity contribution in [2.24, 2.45) is 29.4 Å². The van der Waals surface area contributed by atoms with E-state index in [9.17, 15) is 4.79 Å². The minimum Gasteiger partial charge on any atom is -0.330 e. The largest absolute Gasteiger partial charge is 0.330 e. The molecule has 1 aromatic carbocycles. The molecule has 2 N–H and O–H groups in total. The fraction of sp³-hybridized carbons (Fsp3) is 0.708. The van der Waals surface area contributed by atoms with Crippen LogP contribution in [0.25, 0.3) is 0 Å². The summed E-state index contributed by atoms with van der Waals surface area (Å²) < 4.78 is 0. The fourth-order valence-corrected chi connectivity index (χ4v) is 4.37. The topological polar surface area (TPSA) is 43.1 Å². The predicted octanol–water partition coefficient (Wildman–Crippen LogP) is 6.20. The average Bonchev–Trinajstić information content (AvgIpc) is 2.63. The normalized spacial score (nSPS) is 23.9. The van der Waals surface area contributed by atoms with Crippen molar-refractivity contribution >= 4 is 5.78 Å². The first-order valence-electron chi connectivity index (χ1n) is 10.7. The number of carbonyl (C=O) groups is 1. The van der Waals surface area contributed by atoms with Gasteiger partial charge in [0.1, 0.15) is 5.78 Å². The van der Waals surface area contributed by atoms with E-state index in [1.54, 1.807) is 6.92 Å². The van der Waals surface area contributed by atoms with E-state index < -0.39 is 0 Å². The van der Waals surface area contributed by atoms with Crippen LogP contribution in [0.1, 0.15) is 84.6 Å². The van der Waals surface area contributed by atoms with E-state index in [4.69, 9.17) is 5.73 Å². The Labute approximate surface area is 162 Å². The third-order valence-corrected chi connectivity index (χ3v) is 6.06. The first kappa shape index (κ1) is 22.9. The molecule has 1 saturated carbocycles. The van der Waals surface area contributed by atoms with Gasteiger partial charge in [-0.1, -0.05) is 64.4 Å². The Kier molecular flexibility index (Phi) is 10.8. The van der Waals surface area contributed by atoms with Gasteiger partial charge in [0, 0.05) is 5.92 Å². The number of ketones is 1. The van der Waals surface area contributed by atoms with Crippen LogP contribution in [0.4, 0.5) is 0 Å². The molecule has 2 heteroatoms. The average molecular weight is 360 g/mol. The molecule has 0 aliphatic heterocycles. The van der Waals surface area contributed by atoms with Crippen molar-refractivity contribution in [3.05, 3.63) is 35.9 Å². The molecule has 3 unspecified atom stereocenters. The van der Waals surface area contributed by atoms with Crippen molar-refractivity contribution in [1.82, 2.24) is 0 Å². The molecule has 148 valence electrons. The van der Waals surface area contributed by atoms with Crippen molar-refractivity contribution in [3.8, 4) is 0 Å². The molecule has 1 fully saturated rings. The molecule has 2 nitrogen and oxygen atoms in total. The highest BCUT2D eigenvalue weighted by Gasteiger charge is 2.33. The van der Waals surface area contributed by atoms with Crippen LogP contribution in [0.2, 0.25) is 0 Å².